The molecule has 1 unspecified atom stereocenters. The summed E-state index contributed by atoms with van der Waals surface area (Å²) < 4.78 is 2.27. The summed E-state index contributed by atoms with van der Waals surface area (Å²) in [7, 11) is 2.00. The highest BCUT2D eigenvalue weighted by Crippen LogP contribution is 2.19. The Kier molecular flexibility index (Phi) is 4.11. The summed E-state index contributed by atoms with van der Waals surface area (Å²) in [5, 5.41) is 3.28. The summed E-state index contributed by atoms with van der Waals surface area (Å²) in [6.07, 6.45) is 4.40. The highest BCUT2D eigenvalue weighted by Gasteiger charge is 2.07. The van der Waals surface area contributed by atoms with Gasteiger partial charge in [0.1, 0.15) is 0 Å². The van der Waals surface area contributed by atoms with Gasteiger partial charge >= 0.3 is 0 Å². The minimum absolute atomic E-state index is 0.404. The molecule has 1 aromatic carbocycles. The molecular weight excluding hydrogens is 232 g/mol. The van der Waals surface area contributed by atoms with E-state index in [9.17, 15) is 0 Å². The molecule has 1 atom stereocenters. The first-order valence-corrected chi connectivity index (χ1v) is 6.91. The molecule has 0 amide bonds. The molecule has 0 bridgehead atoms. The van der Waals surface area contributed by atoms with Gasteiger partial charge in [0.25, 0.3) is 0 Å². The minimum Gasteiger partial charge on any atom is -0.350 e. The molecule has 0 saturated heterocycles. The topological polar surface area (TPSA) is 17.0 Å². The van der Waals surface area contributed by atoms with E-state index in [1.54, 1.807) is 0 Å². The first-order valence-electron chi connectivity index (χ1n) is 6.91. The molecular formula is C17H24N2. The Bertz CT molecular complexity index is 543. The monoisotopic (exact) mass is 256 g/mol. The predicted molar refractivity (Wildman–Crippen MR) is 81.7 cm³/mol. The molecule has 0 fully saturated rings. The van der Waals surface area contributed by atoms with Crippen molar-refractivity contribution in [3.05, 3.63) is 58.4 Å². The average Bonchev–Trinajstić information content (AvgIpc) is 2.81. The smallest absolute Gasteiger partial charge is 0.0475 e. The molecule has 0 spiro atoms. The lowest BCUT2D eigenvalue weighted by Gasteiger charge is -2.12. The number of aromatic nitrogens is 1. The first-order chi connectivity index (χ1) is 9.01. The van der Waals surface area contributed by atoms with Crippen LogP contribution in [-0.4, -0.2) is 11.6 Å². The maximum absolute atomic E-state index is 3.28. The van der Waals surface area contributed by atoms with E-state index in [1.807, 2.05) is 7.05 Å². The lowest BCUT2D eigenvalue weighted by molar-refractivity contribution is 0.649. The van der Waals surface area contributed by atoms with E-state index in [0.29, 0.717) is 6.04 Å². The van der Waals surface area contributed by atoms with Gasteiger partial charge in [0.15, 0.2) is 0 Å². The van der Waals surface area contributed by atoms with E-state index < -0.39 is 0 Å². The zero-order chi connectivity index (χ0) is 14.0. The first kappa shape index (κ1) is 13.9. The third-order valence-corrected chi connectivity index (χ3v) is 3.89. The van der Waals surface area contributed by atoms with Gasteiger partial charge in [0, 0.05) is 25.0 Å². The molecule has 2 rings (SSSR count). The molecule has 0 saturated carbocycles. The van der Waals surface area contributed by atoms with E-state index in [2.05, 4.69) is 68.2 Å². The number of rotatable bonds is 4. The van der Waals surface area contributed by atoms with Crippen LogP contribution in [-0.2, 0) is 6.54 Å². The lowest BCUT2D eigenvalue weighted by Crippen LogP contribution is -2.11. The molecule has 2 aromatic rings. The summed E-state index contributed by atoms with van der Waals surface area (Å²) in [5.41, 5.74) is 6.88. The van der Waals surface area contributed by atoms with Crippen LogP contribution in [0, 0.1) is 20.8 Å². The molecule has 102 valence electrons. The fourth-order valence-corrected chi connectivity index (χ4v) is 2.62. The van der Waals surface area contributed by atoms with Crippen molar-refractivity contribution in [3.63, 3.8) is 0 Å². The van der Waals surface area contributed by atoms with Crippen LogP contribution in [0.1, 0.15) is 40.8 Å². The van der Waals surface area contributed by atoms with Crippen molar-refractivity contribution < 1.29 is 0 Å². The normalized spacial score (nSPS) is 12.7. The Morgan fingerprint density at radius 1 is 1.16 bits per heavy atom. The Morgan fingerprint density at radius 2 is 1.79 bits per heavy atom. The molecule has 1 heterocycles. The Labute approximate surface area is 116 Å². The third-order valence-electron chi connectivity index (χ3n) is 3.89. The van der Waals surface area contributed by atoms with Gasteiger partial charge in [-0.15, -0.1) is 0 Å². The van der Waals surface area contributed by atoms with E-state index in [4.69, 9.17) is 0 Å². The fraction of sp³-hybridized carbons (Fsp3) is 0.412. The summed E-state index contributed by atoms with van der Waals surface area (Å²) >= 11 is 0. The Balaban J connectivity index is 2.24. The second-order valence-corrected chi connectivity index (χ2v) is 5.50. The molecule has 0 radical (unpaired) electrons. The summed E-state index contributed by atoms with van der Waals surface area (Å²) in [6.45, 7) is 9.70. The van der Waals surface area contributed by atoms with E-state index in [-0.39, 0.29) is 0 Å². The second kappa shape index (κ2) is 5.62. The van der Waals surface area contributed by atoms with Crippen LogP contribution in [0.3, 0.4) is 0 Å². The Morgan fingerprint density at radius 3 is 2.37 bits per heavy atom. The SMILES string of the molecule is CNC(C)c1ccn(Cc2c(C)cc(C)cc2C)c1. The highest BCUT2D eigenvalue weighted by atomic mass is 14.9. The van der Waals surface area contributed by atoms with Crippen LogP contribution in [0.2, 0.25) is 0 Å². The molecule has 0 aliphatic rings. The molecule has 2 nitrogen and oxygen atoms in total. The van der Waals surface area contributed by atoms with E-state index in [1.165, 1.54) is 27.8 Å². The van der Waals surface area contributed by atoms with Crippen molar-refractivity contribution in [2.24, 2.45) is 0 Å². The predicted octanol–water partition coefficient (Wildman–Crippen LogP) is 3.74. The van der Waals surface area contributed by atoms with Gasteiger partial charge in [-0.2, -0.15) is 0 Å². The standard InChI is InChI=1S/C17H24N2/c1-12-8-13(2)17(14(3)9-12)11-19-7-6-16(10-19)15(4)18-5/h6-10,15,18H,11H2,1-5H3. The summed E-state index contributed by atoms with van der Waals surface area (Å²) in [6, 6.07) is 7.13. The van der Waals surface area contributed by atoms with Crippen molar-refractivity contribution >= 4 is 0 Å². The van der Waals surface area contributed by atoms with Crippen molar-refractivity contribution in [2.75, 3.05) is 7.05 Å². The quantitative estimate of drug-likeness (QED) is 0.881. The van der Waals surface area contributed by atoms with Crippen molar-refractivity contribution in [3.8, 4) is 0 Å². The number of nitrogens with zero attached hydrogens (tertiary/aromatic N) is 1. The van der Waals surface area contributed by atoms with Gasteiger partial charge in [0.05, 0.1) is 0 Å². The van der Waals surface area contributed by atoms with Crippen molar-refractivity contribution in [2.45, 2.75) is 40.3 Å². The van der Waals surface area contributed by atoms with Gasteiger partial charge in [-0.25, -0.2) is 0 Å². The highest BCUT2D eigenvalue weighted by molar-refractivity contribution is 5.37. The van der Waals surface area contributed by atoms with Gasteiger partial charge in [-0.05, 0) is 63.1 Å². The van der Waals surface area contributed by atoms with Crippen LogP contribution in [0.5, 0.6) is 0 Å². The molecule has 0 aliphatic heterocycles. The second-order valence-electron chi connectivity index (χ2n) is 5.50. The Hall–Kier alpha value is -1.54. The lowest BCUT2D eigenvalue weighted by atomic mass is 10.00. The average molecular weight is 256 g/mol. The van der Waals surface area contributed by atoms with E-state index in [0.717, 1.165) is 6.54 Å². The molecule has 1 N–H and O–H groups in total. The van der Waals surface area contributed by atoms with Gasteiger partial charge in [0.2, 0.25) is 0 Å². The molecule has 0 aliphatic carbocycles. The zero-order valence-electron chi connectivity index (χ0n) is 12.6. The number of aryl methyl sites for hydroxylation is 3. The van der Waals surface area contributed by atoms with Crippen LogP contribution >= 0.6 is 0 Å². The van der Waals surface area contributed by atoms with Crippen molar-refractivity contribution in [1.82, 2.24) is 9.88 Å². The van der Waals surface area contributed by atoms with Gasteiger partial charge in [-0.1, -0.05) is 17.7 Å². The van der Waals surface area contributed by atoms with Crippen LogP contribution in [0.25, 0.3) is 0 Å². The van der Waals surface area contributed by atoms with Crippen molar-refractivity contribution in [1.29, 1.82) is 0 Å². The fourth-order valence-electron chi connectivity index (χ4n) is 2.62. The van der Waals surface area contributed by atoms with E-state index >= 15 is 0 Å². The summed E-state index contributed by atoms with van der Waals surface area (Å²) in [5.74, 6) is 0. The zero-order valence-corrected chi connectivity index (χ0v) is 12.6. The molecule has 19 heavy (non-hydrogen) atoms. The van der Waals surface area contributed by atoms with Gasteiger partial charge < -0.3 is 9.88 Å². The third kappa shape index (κ3) is 3.07. The molecule has 1 aromatic heterocycles. The van der Waals surface area contributed by atoms with Crippen LogP contribution < -0.4 is 5.32 Å². The largest absolute Gasteiger partial charge is 0.350 e. The summed E-state index contributed by atoms with van der Waals surface area (Å²) in [4.78, 5) is 0. The number of hydrogen-bond donors (Lipinski definition) is 1. The maximum atomic E-state index is 3.28. The molecule has 2 heteroatoms. The number of benzene rings is 1. The maximum Gasteiger partial charge on any atom is 0.0475 e. The number of hydrogen-bond acceptors (Lipinski definition) is 1. The van der Waals surface area contributed by atoms with Gasteiger partial charge in [-0.3, -0.25) is 0 Å². The van der Waals surface area contributed by atoms with Crippen LogP contribution in [0.15, 0.2) is 30.6 Å². The van der Waals surface area contributed by atoms with Crippen LogP contribution in [0.4, 0.5) is 0 Å². The number of nitrogens with one attached hydrogen (secondary N) is 1. The minimum atomic E-state index is 0.404.